The maximum Gasteiger partial charge on any atom is 0.330 e. The summed E-state index contributed by atoms with van der Waals surface area (Å²) in [6.45, 7) is 7.24. The van der Waals surface area contributed by atoms with Crippen molar-refractivity contribution in [3.8, 4) is 0 Å². The lowest BCUT2D eigenvalue weighted by Gasteiger charge is -2.37. The van der Waals surface area contributed by atoms with Crippen LogP contribution in [-0.2, 0) is 4.65 Å². The van der Waals surface area contributed by atoms with E-state index < -0.39 is 11.2 Å². The Morgan fingerprint density at radius 1 is 1.00 bits per heavy atom. The molecule has 0 unspecified atom stereocenters. The third kappa shape index (κ3) is 2.77. The number of furan rings is 1. The van der Waals surface area contributed by atoms with Crippen molar-refractivity contribution in [2.24, 2.45) is 0 Å². The second-order valence-electron chi connectivity index (χ2n) is 7.70. The highest BCUT2D eigenvalue weighted by Gasteiger charge is 2.35. The van der Waals surface area contributed by atoms with Crippen LogP contribution in [0.4, 0.5) is 0 Å². The minimum atomic E-state index is -0.958. The van der Waals surface area contributed by atoms with Gasteiger partial charge < -0.3 is 14.2 Å². The Balaban J connectivity index is 1.80. The molecule has 0 aliphatic rings. The predicted octanol–water partition coefficient (Wildman–Crippen LogP) is 3.94. The first-order chi connectivity index (χ1) is 12.3. The number of aliphatic hydroxyl groups is 1. The molecule has 2 aromatic heterocycles. The molecule has 0 spiro atoms. The smallest absolute Gasteiger partial charge is 0.330 e. The number of hydrogen-bond donors (Lipinski definition) is 1. The van der Waals surface area contributed by atoms with E-state index in [1.165, 1.54) is 0 Å². The molecule has 0 saturated carbocycles. The van der Waals surface area contributed by atoms with Crippen LogP contribution in [0.25, 0.3) is 32.7 Å². The van der Waals surface area contributed by atoms with Crippen LogP contribution in [0, 0.1) is 0 Å². The normalized spacial score (nSPS) is 13.0. The van der Waals surface area contributed by atoms with Gasteiger partial charge in [0.2, 0.25) is 0 Å². The highest BCUT2D eigenvalue weighted by atomic mass is 16.5. The maximum absolute atomic E-state index is 10.3. The van der Waals surface area contributed by atoms with Crippen LogP contribution < -0.4 is 5.46 Å². The lowest BCUT2D eigenvalue weighted by Crippen LogP contribution is -2.49. The van der Waals surface area contributed by atoms with Crippen LogP contribution in [0.5, 0.6) is 0 Å². The number of fused-ring (bicyclic) bond motifs is 5. The van der Waals surface area contributed by atoms with Gasteiger partial charge in [-0.15, -0.1) is 0 Å². The standard InChI is InChI=1S/C21H21BNO3/c1-20(2,24)21(3,4)26-22-14-7-5-13-6-8-18-19(15(13)11-14)16-12-23-10-9-17(16)25-18/h5-12,24H,1-4H3. The molecule has 2 aromatic carbocycles. The van der Waals surface area contributed by atoms with Crippen LogP contribution >= 0.6 is 0 Å². The lowest BCUT2D eigenvalue weighted by atomic mass is 9.81. The SMILES string of the molecule is CC(C)(O)C(C)(C)O[B]c1ccc2ccc3oc4ccncc4c3c2c1. The molecule has 0 bridgehead atoms. The zero-order valence-electron chi connectivity index (χ0n) is 15.4. The molecule has 0 fully saturated rings. The van der Waals surface area contributed by atoms with E-state index >= 15 is 0 Å². The number of benzene rings is 2. The van der Waals surface area contributed by atoms with Crippen molar-refractivity contribution in [2.45, 2.75) is 38.9 Å². The highest BCUT2D eigenvalue weighted by molar-refractivity contribution is 6.47. The maximum atomic E-state index is 10.3. The van der Waals surface area contributed by atoms with Crippen molar-refractivity contribution in [3.05, 3.63) is 48.8 Å². The Hall–Kier alpha value is -2.37. The summed E-state index contributed by atoms with van der Waals surface area (Å²) in [7, 11) is 1.71. The Kier molecular flexibility index (Phi) is 3.83. The lowest BCUT2D eigenvalue weighted by molar-refractivity contribution is -0.0893. The molecule has 0 saturated heterocycles. The molecule has 1 radical (unpaired) electrons. The van der Waals surface area contributed by atoms with Crippen LogP contribution in [0.2, 0.25) is 0 Å². The van der Waals surface area contributed by atoms with Gasteiger partial charge in [-0.2, -0.15) is 0 Å². The van der Waals surface area contributed by atoms with Gasteiger partial charge in [0.25, 0.3) is 0 Å². The minimum absolute atomic E-state index is 0.708. The Morgan fingerprint density at radius 3 is 2.54 bits per heavy atom. The van der Waals surface area contributed by atoms with E-state index in [9.17, 15) is 5.11 Å². The van der Waals surface area contributed by atoms with Crippen molar-refractivity contribution >= 4 is 45.7 Å². The van der Waals surface area contributed by atoms with Gasteiger partial charge in [0.15, 0.2) is 0 Å². The quantitative estimate of drug-likeness (QED) is 0.569. The second kappa shape index (κ2) is 5.83. The molecule has 5 heteroatoms. The van der Waals surface area contributed by atoms with Crippen molar-refractivity contribution in [1.29, 1.82) is 0 Å². The van der Waals surface area contributed by atoms with Crippen molar-refractivity contribution < 1.29 is 14.2 Å². The van der Waals surface area contributed by atoms with Gasteiger partial charge in [0.05, 0.1) is 11.2 Å². The Morgan fingerprint density at radius 2 is 1.77 bits per heavy atom. The molecular weight excluding hydrogens is 325 g/mol. The molecule has 26 heavy (non-hydrogen) atoms. The van der Waals surface area contributed by atoms with Crippen LogP contribution in [-0.4, -0.2) is 28.8 Å². The van der Waals surface area contributed by atoms with Gasteiger partial charge >= 0.3 is 7.48 Å². The summed E-state index contributed by atoms with van der Waals surface area (Å²) in [5.41, 5.74) is 0.938. The monoisotopic (exact) mass is 346 g/mol. The van der Waals surface area contributed by atoms with Gasteiger partial charge in [-0.05, 0) is 50.6 Å². The summed E-state index contributed by atoms with van der Waals surface area (Å²) >= 11 is 0. The third-order valence-corrected chi connectivity index (χ3v) is 5.24. The van der Waals surface area contributed by atoms with E-state index in [4.69, 9.17) is 9.07 Å². The predicted molar refractivity (Wildman–Crippen MR) is 106 cm³/mol. The van der Waals surface area contributed by atoms with Gasteiger partial charge in [0, 0.05) is 23.2 Å². The van der Waals surface area contributed by atoms with Crippen LogP contribution in [0.3, 0.4) is 0 Å². The summed E-state index contributed by atoms with van der Waals surface area (Å²) < 4.78 is 11.8. The molecule has 131 valence electrons. The highest BCUT2D eigenvalue weighted by Crippen LogP contribution is 2.33. The van der Waals surface area contributed by atoms with E-state index in [2.05, 4.69) is 23.2 Å². The number of aromatic nitrogens is 1. The average Bonchev–Trinajstić information content (AvgIpc) is 2.98. The first-order valence-electron chi connectivity index (χ1n) is 8.69. The van der Waals surface area contributed by atoms with Crippen molar-refractivity contribution in [1.82, 2.24) is 4.98 Å². The van der Waals surface area contributed by atoms with Crippen LogP contribution in [0.15, 0.2) is 53.2 Å². The summed E-state index contributed by atoms with van der Waals surface area (Å²) in [6, 6.07) is 12.1. The van der Waals surface area contributed by atoms with Gasteiger partial charge in [-0.3, -0.25) is 4.98 Å². The molecule has 4 nitrogen and oxygen atoms in total. The van der Waals surface area contributed by atoms with E-state index in [1.807, 2.05) is 38.2 Å². The summed E-state index contributed by atoms with van der Waals surface area (Å²) in [4.78, 5) is 4.24. The van der Waals surface area contributed by atoms with Gasteiger partial charge in [-0.1, -0.05) is 29.7 Å². The molecule has 0 amide bonds. The van der Waals surface area contributed by atoms with Gasteiger partial charge in [0.1, 0.15) is 11.2 Å². The Labute approximate surface area is 153 Å². The van der Waals surface area contributed by atoms with Crippen molar-refractivity contribution in [3.63, 3.8) is 0 Å². The first kappa shape index (κ1) is 17.1. The van der Waals surface area contributed by atoms with Gasteiger partial charge in [-0.25, -0.2) is 0 Å². The first-order valence-corrected chi connectivity index (χ1v) is 8.69. The number of pyridine rings is 1. The zero-order valence-corrected chi connectivity index (χ0v) is 15.4. The molecule has 0 atom stereocenters. The fourth-order valence-electron chi connectivity index (χ4n) is 2.89. The summed E-state index contributed by atoms with van der Waals surface area (Å²) in [5, 5.41) is 14.5. The fraction of sp³-hybridized carbons (Fsp3) is 0.286. The fourth-order valence-corrected chi connectivity index (χ4v) is 2.89. The molecule has 2 heterocycles. The van der Waals surface area contributed by atoms with E-state index in [1.54, 1.807) is 27.5 Å². The number of hydrogen-bond acceptors (Lipinski definition) is 4. The van der Waals surface area contributed by atoms with E-state index in [0.29, 0.717) is 0 Å². The molecular formula is C21H21BNO3. The zero-order chi connectivity index (χ0) is 18.5. The van der Waals surface area contributed by atoms with Crippen LogP contribution in [0.1, 0.15) is 27.7 Å². The second-order valence-corrected chi connectivity index (χ2v) is 7.70. The average molecular weight is 346 g/mol. The number of rotatable bonds is 4. The number of nitrogens with zero attached hydrogens (tertiary/aromatic N) is 1. The van der Waals surface area contributed by atoms with Crippen molar-refractivity contribution in [2.75, 3.05) is 0 Å². The summed E-state index contributed by atoms with van der Waals surface area (Å²) in [5.74, 6) is 0. The molecule has 1 N–H and O–H groups in total. The molecule has 0 aliphatic heterocycles. The topological polar surface area (TPSA) is 55.5 Å². The largest absolute Gasteiger partial charge is 0.456 e. The minimum Gasteiger partial charge on any atom is -0.456 e. The van der Waals surface area contributed by atoms with E-state index in [-0.39, 0.29) is 0 Å². The summed E-state index contributed by atoms with van der Waals surface area (Å²) in [6.07, 6.45) is 3.57. The van der Waals surface area contributed by atoms with E-state index in [0.717, 1.165) is 38.2 Å². The molecule has 4 rings (SSSR count). The Bertz CT molecular complexity index is 1110. The third-order valence-electron chi connectivity index (χ3n) is 5.24. The molecule has 0 aliphatic carbocycles. The molecule has 4 aromatic rings.